The van der Waals surface area contributed by atoms with Crippen molar-refractivity contribution in [3.63, 3.8) is 0 Å². The van der Waals surface area contributed by atoms with E-state index in [-0.39, 0.29) is 0 Å². The molecule has 2 nitrogen and oxygen atoms in total. The van der Waals surface area contributed by atoms with Crippen LogP contribution in [0.5, 0.6) is 0 Å². The van der Waals surface area contributed by atoms with Crippen LogP contribution in [0, 0.1) is 0 Å². The highest BCUT2D eigenvalue weighted by molar-refractivity contribution is 7.16. The number of thiophene rings is 1. The molecule has 15 heavy (non-hydrogen) atoms. The molecular formula is C11H17ClN2S. The van der Waals surface area contributed by atoms with E-state index in [1.165, 1.54) is 24.1 Å². The smallest absolute Gasteiger partial charge is 0.0931 e. The van der Waals surface area contributed by atoms with E-state index < -0.39 is 0 Å². The zero-order valence-electron chi connectivity index (χ0n) is 8.95. The lowest BCUT2D eigenvalue weighted by Gasteiger charge is -2.27. The fraction of sp³-hybridized carbons (Fsp3) is 0.636. The van der Waals surface area contributed by atoms with E-state index >= 15 is 0 Å². The second-order valence-corrected chi connectivity index (χ2v) is 6.08. The summed E-state index contributed by atoms with van der Waals surface area (Å²) in [6, 6.07) is 4.96. The van der Waals surface area contributed by atoms with Gasteiger partial charge in [-0.25, -0.2) is 0 Å². The predicted molar refractivity (Wildman–Crippen MR) is 66.4 cm³/mol. The van der Waals surface area contributed by atoms with Gasteiger partial charge in [-0.1, -0.05) is 18.0 Å². The van der Waals surface area contributed by atoms with Gasteiger partial charge in [0, 0.05) is 23.5 Å². The third kappa shape index (κ3) is 2.72. The summed E-state index contributed by atoms with van der Waals surface area (Å²) < 4.78 is 0.870. The molecule has 0 spiro atoms. The van der Waals surface area contributed by atoms with Gasteiger partial charge in [0.1, 0.15) is 0 Å². The molecular weight excluding hydrogens is 228 g/mol. The third-order valence-corrected chi connectivity index (χ3v) is 4.35. The molecule has 2 N–H and O–H groups in total. The lowest BCUT2D eigenvalue weighted by atomic mass is 10.1. The van der Waals surface area contributed by atoms with Crippen LogP contribution in [0.25, 0.3) is 0 Å². The standard InChI is InChI=1S/C11H17ClN2S/c1-14(10-4-2-3-9(10)13)7-8-5-6-11(12)15-8/h5-6,9-10H,2-4,7,13H2,1H3. The molecule has 1 aromatic heterocycles. The monoisotopic (exact) mass is 244 g/mol. The fourth-order valence-electron chi connectivity index (χ4n) is 2.32. The summed E-state index contributed by atoms with van der Waals surface area (Å²) in [6.07, 6.45) is 3.67. The molecule has 4 heteroatoms. The van der Waals surface area contributed by atoms with Crippen LogP contribution < -0.4 is 5.73 Å². The number of hydrogen-bond donors (Lipinski definition) is 1. The average molecular weight is 245 g/mol. The first-order valence-corrected chi connectivity index (χ1v) is 6.56. The predicted octanol–water partition coefficient (Wildman–Crippen LogP) is 2.71. The molecule has 1 aromatic rings. The summed E-state index contributed by atoms with van der Waals surface area (Å²) >= 11 is 7.57. The van der Waals surface area contributed by atoms with Gasteiger partial charge in [-0.15, -0.1) is 11.3 Å². The minimum atomic E-state index is 0.352. The number of nitrogens with two attached hydrogens (primary N) is 1. The van der Waals surface area contributed by atoms with Crippen molar-refractivity contribution in [2.24, 2.45) is 5.73 Å². The van der Waals surface area contributed by atoms with E-state index in [9.17, 15) is 0 Å². The Kier molecular flexibility index (Phi) is 3.67. The van der Waals surface area contributed by atoms with Crippen molar-refractivity contribution >= 4 is 22.9 Å². The van der Waals surface area contributed by atoms with Gasteiger partial charge in [0.25, 0.3) is 0 Å². The van der Waals surface area contributed by atoms with Gasteiger partial charge >= 0.3 is 0 Å². The first-order chi connectivity index (χ1) is 7.16. The maximum absolute atomic E-state index is 6.07. The van der Waals surface area contributed by atoms with Gasteiger partial charge in [0.05, 0.1) is 4.34 Å². The van der Waals surface area contributed by atoms with Crippen molar-refractivity contribution in [2.75, 3.05) is 7.05 Å². The molecule has 1 fully saturated rings. The number of halogens is 1. The van der Waals surface area contributed by atoms with E-state index in [2.05, 4.69) is 18.0 Å². The zero-order chi connectivity index (χ0) is 10.8. The number of nitrogens with zero attached hydrogens (tertiary/aromatic N) is 1. The molecule has 0 amide bonds. The maximum atomic E-state index is 6.07. The summed E-state index contributed by atoms with van der Waals surface area (Å²) in [7, 11) is 2.16. The molecule has 2 atom stereocenters. The van der Waals surface area contributed by atoms with Crippen molar-refractivity contribution in [3.05, 3.63) is 21.3 Å². The Morgan fingerprint density at radius 2 is 2.33 bits per heavy atom. The summed E-state index contributed by atoms with van der Waals surface area (Å²) in [5, 5.41) is 0. The summed E-state index contributed by atoms with van der Waals surface area (Å²) in [4.78, 5) is 3.68. The van der Waals surface area contributed by atoms with Crippen molar-refractivity contribution in [2.45, 2.75) is 37.9 Å². The highest BCUT2D eigenvalue weighted by Gasteiger charge is 2.27. The van der Waals surface area contributed by atoms with E-state index in [1.807, 2.05) is 6.07 Å². The Bertz CT molecular complexity index is 326. The van der Waals surface area contributed by atoms with Gasteiger partial charge in [-0.2, -0.15) is 0 Å². The van der Waals surface area contributed by atoms with Crippen LogP contribution in [-0.4, -0.2) is 24.0 Å². The number of likely N-dealkylation sites (N-methyl/N-ethyl adjacent to an activating group) is 1. The molecule has 1 aliphatic rings. The maximum Gasteiger partial charge on any atom is 0.0931 e. The topological polar surface area (TPSA) is 29.3 Å². The second-order valence-electron chi connectivity index (χ2n) is 4.28. The number of hydrogen-bond acceptors (Lipinski definition) is 3. The van der Waals surface area contributed by atoms with E-state index in [0.29, 0.717) is 12.1 Å². The Morgan fingerprint density at radius 1 is 1.53 bits per heavy atom. The Morgan fingerprint density at radius 3 is 2.87 bits per heavy atom. The van der Waals surface area contributed by atoms with E-state index in [4.69, 9.17) is 17.3 Å². The van der Waals surface area contributed by atoms with Crippen molar-refractivity contribution in [1.82, 2.24) is 4.90 Å². The Balaban J connectivity index is 1.94. The van der Waals surface area contributed by atoms with Crippen molar-refractivity contribution < 1.29 is 0 Å². The fourth-order valence-corrected chi connectivity index (χ4v) is 3.47. The van der Waals surface area contributed by atoms with Crippen molar-refractivity contribution in [3.8, 4) is 0 Å². The summed E-state index contributed by atoms with van der Waals surface area (Å²) in [6.45, 7) is 0.968. The lowest BCUT2D eigenvalue weighted by Crippen LogP contribution is -2.41. The molecule has 1 aliphatic carbocycles. The van der Waals surface area contributed by atoms with Crippen LogP contribution in [0.15, 0.2) is 12.1 Å². The van der Waals surface area contributed by atoms with Gasteiger partial charge in [-0.3, -0.25) is 4.90 Å². The van der Waals surface area contributed by atoms with Crippen LogP contribution in [0.3, 0.4) is 0 Å². The summed E-state index contributed by atoms with van der Waals surface area (Å²) in [5.74, 6) is 0. The minimum Gasteiger partial charge on any atom is -0.326 e. The third-order valence-electron chi connectivity index (χ3n) is 3.13. The van der Waals surface area contributed by atoms with Crippen LogP contribution in [0.1, 0.15) is 24.1 Å². The normalized spacial score (nSPS) is 26.4. The quantitative estimate of drug-likeness (QED) is 0.886. The summed E-state index contributed by atoms with van der Waals surface area (Å²) in [5.41, 5.74) is 6.07. The van der Waals surface area contributed by atoms with E-state index in [1.54, 1.807) is 11.3 Å². The second kappa shape index (κ2) is 4.83. The van der Waals surface area contributed by atoms with Crippen molar-refractivity contribution in [1.29, 1.82) is 0 Å². The van der Waals surface area contributed by atoms with Gasteiger partial charge in [-0.05, 0) is 32.0 Å². The molecule has 0 radical (unpaired) electrons. The first-order valence-electron chi connectivity index (χ1n) is 5.37. The highest BCUT2D eigenvalue weighted by Crippen LogP contribution is 2.26. The van der Waals surface area contributed by atoms with Gasteiger partial charge in [0.15, 0.2) is 0 Å². The average Bonchev–Trinajstić information content (AvgIpc) is 2.75. The largest absolute Gasteiger partial charge is 0.326 e. The van der Waals surface area contributed by atoms with Crippen LogP contribution in [0.4, 0.5) is 0 Å². The highest BCUT2D eigenvalue weighted by atomic mass is 35.5. The molecule has 0 bridgehead atoms. The minimum absolute atomic E-state index is 0.352. The molecule has 1 saturated carbocycles. The lowest BCUT2D eigenvalue weighted by molar-refractivity contribution is 0.222. The molecule has 0 aromatic carbocycles. The van der Waals surface area contributed by atoms with E-state index in [0.717, 1.165) is 10.9 Å². The Hall–Kier alpha value is -0.0900. The number of rotatable bonds is 3. The molecule has 2 unspecified atom stereocenters. The SMILES string of the molecule is CN(Cc1ccc(Cl)s1)C1CCCC1N. The zero-order valence-corrected chi connectivity index (χ0v) is 10.5. The van der Waals surface area contributed by atoms with Crippen LogP contribution in [-0.2, 0) is 6.54 Å². The Labute approximate surface area is 100 Å². The molecule has 2 rings (SSSR count). The van der Waals surface area contributed by atoms with Crippen LogP contribution in [0.2, 0.25) is 4.34 Å². The molecule has 0 saturated heterocycles. The molecule has 1 heterocycles. The molecule has 0 aliphatic heterocycles. The van der Waals surface area contributed by atoms with Crippen LogP contribution >= 0.6 is 22.9 Å². The van der Waals surface area contributed by atoms with Gasteiger partial charge < -0.3 is 5.73 Å². The molecule has 84 valence electrons. The van der Waals surface area contributed by atoms with Gasteiger partial charge in [0.2, 0.25) is 0 Å². The first kappa shape index (κ1) is 11.4.